The number of alkyl halides is 3. The van der Waals surface area contributed by atoms with E-state index in [0.29, 0.717) is 11.9 Å². The lowest BCUT2D eigenvalue weighted by atomic mass is 9.92. The molecule has 10 heteroatoms. The molecule has 1 aliphatic carbocycles. The Balaban J connectivity index is 0.000000339. The molecule has 1 saturated heterocycles. The second-order valence-electron chi connectivity index (χ2n) is 8.92. The fourth-order valence-electron chi connectivity index (χ4n) is 4.83. The van der Waals surface area contributed by atoms with Crippen LogP contribution in [0.25, 0.3) is 0 Å². The molecule has 2 aliphatic heterocycles. The molecule has 0 radical (unpaired) electrons. The Kier molecular flexibility index (Phi) is 7.28. The van der Waals surface area contributed by atoms with E-state index in [-0.39, 0.29) is 5.92 Å². The van der Waals surface area contributed by atoms with E-state index in [1.807, 2.05) is 13.4 Å². The summed E-state index contributed by atoms with van der Waals surface area (Å²) in [6.07, 6.45) is 4.32. The number of aliphatic carboxylic acids is 1. The maximum Gasteiger partial charge on any atom is 0.490 e. The van der Waals surface area contributed by atoms with Crippen LogP contribution in [0, 0.1) is 5.92 Å². The van der Waals surface area contributed by atoms with Crippen LogP contribution in [0.2, 0.25) is 0 Å². The minimum absolute atomic E-state index is 0.0322. The number of carboxylic acids is 1. The summed E-state index contributed by atoms with van der Waals surface area (Å²) in [6.45, 7) is 5.94. The minimum Gasteiger partial charge on any atom is -0.475 e. The highest BCUT2D eigenvalue weighted by molar-refractivity contribution is 5.84. The largest absolute Gasteiger partial charge is 0.490 e. The van der Waals surface area contributed by atoms with Gasteiger partial charge in [-0.15, -0.1) is 0 Å². The van der Waals surface area contributed by atoms with E-state index in [9.17, 15) is 18.0 Å². The number of likely N-dealkylation sites (tertiary alicyclic amines) is 1. The number of nitrogens with zero attached hydrogens (tertiary/aromatic N) is 4. The molecule has 0 aromatic carbocycles. The first-order valence-electron chi connectivity index (χ1n) is 10.9. The van der Waals surface area contributed by atoms with Crippen molar-refractivity contribution in [2.45, 2.75) is 70.1 Å². The lowest BCUT2D eigenvalue weighted by Gasteiger charge is -2.39. The number of hydrogen-bond acceptors (Lipinski definition) is 4. The van der Waals surface area contributed by atoms with Gasteiger partial charge < -0.3 is 14.6 Å². The number of imidazole rings is 1. The molecule has 3 heterocycles. The number of aryl methyl sites for hydroxylation is 1. The average molecular weight is 444 g/mol. The molecular weight excluding hydrogens is 413 g/mol. The van der Waals surface area contributed by atoms with Crippen LogP contribution in [-0.4, -0.2) is 68.2 Å². The van der Waals surface area contributed by atoms with E-state index >= 15 is 0 Å². The van der Waals surface area contributed by atoms with Gasteiger partial charge in [-0.25, -0.2) is 9.78 Å². The summed E-state index contributed by atoms with van der Waals surface area (Å²) in [4.78, 5) is 31.5. The van der Waals surface area contributed by atoms with Gasteiger partial charge in [0.25, 0.3) is 0 Å². The van der Waals surface area contributed by atoms with Gasteiger partial charge in [-0.2, -0.15) is 13.2 Å². The standard InChI is InChI=1S/C19H30N4O.C2HF3O2/c1-14-7-9-22(10-8-14)19(24)16-11-23(15-5-3-4-6-15)12-17-18(16)21(2)13-20-17;3-2(4,5)1(6)7/h13-16H,3-12H2,1-2H3;(H,6,7). The van der Waals surface area contributed by atoms with E-state index in [4.69, 9.17) is 9.90 Å². The van der Waals surface area contributed by atoms with E-state index in [1.54, 1.807) is 0 Å². The zero-order valence-corrected chi connectivity index (χ0v) is 18.1. The van der Waals surface area contributed by atoms with Gasteiger partial charge >= 0.3 is 12.1 Å². The summed E-state index contributed by atoms with van der Waals surface area (Å²) >= 11 is 0. The van der Waals surface area contributed by atoms with Crippen molar-refractivity contribution in [2.24, 2.45) is 13.0 Å². The maximum atomic E-state index is 13.3. The van der Waals surface area contributed by atoms with Crippen LogP contribution >= 0.6 is 0 Å². The number of amides is 1. The third-order valence-electron chi connectivity index (χ3n) is 6.64. The predicted molar refractivity (Wildman–Crippen MR) is 107 cm³/mol. The summed E-state index contributed by atoms with van der Waals surface area (Å²) in [5.41, 5.74) is 2.28. The normalized spacial score (nSPS) is 23.3. The number of aromatic nitrogens is 2. The Labute approximate surface area is 180 Å². The van der Waals surface area contributed by atoms with E-state index in [1.165, 1.54) is 25.7 Å². The number of fused-ring (bicyclic) bond motifs is 1. The summed E-state index contributed by atoms with van der Waals surface area (Å²) in [7, 11) is 2.04. The van der Waals surface area contributed by atoms with Crippen molar-refractivity contribution in [3.63, 3.8) is 0 Å². The monoisotopic (exact) mass is 444 g/mol. The number of piperidine rings is 1. The van der Waals surface area contributed by atoms with E-state index in [0.717, 1.165) is 56.3 Å². The molecule has 2 fully saturated rings. The van der Waals surface area contributed by atoms with Gasteiger partial charge in [0.05, 0.1) is 23.6 Å². The molecule has 0 spiro atoms. The van der Waals surface area contributed by atoms with Gasteiger partial charge in [-0.1, -0.05) is 19.8 Å². The third-order valence-corrected chi connectivity index (χ3v) is 6.64. The molecule has 1 N–H and O–H groups in total. The Morgan fingerprint density at radius 3 is 2.26 bits per heavy atom. The van der Waals surface area contributed by atoms with Gasteiger partial charge in [0, 0.05) is 39.3 Å². The molecule has 31 heavy (non-hydrogen) atoms. The Morgan fingerprint density at radius 2 is 1.71 bits per heavy atom. The van der Waals surface area contributed by atoms with Gasteiger partial charge in [0.1, 0.15) is 0 Å². The number of carboxylic acid groups (broad SMARTS) is 1. The highest BCUT2D eigenvalue weighted by atomic mass is 19.4. The quantitative estimate of drug-likeness (QED) is 0.758. The van der Waals surface area contributed by atoms with Crippen LogP contribution < -0.4 is 0 Å². The van der Waals surface area contributed by atoms with E-state index in [2.05, 4.69) is 26.3 Å². The molecular formula is C21H31F3N4O3. The fraction of sp³-hybridized carbons (Fsp3) is 0.762. The lowest BCUT2D eigenvalue weighted by molar-refractivity contribution is -0.192. The molecule has 174 valence electrons. The summed E-state index contributed by atoms with van der Waals surface area (Å²) in [6, 6.07) is 0.650. The van der Waals surface area contributed by atoms with E-state index < -0.39 is 12.1 Å². The molecule has 4 rings (SSSR count). The lowest BCUT2D eigenvalue weighted by Crippen LogP contribution is -2.48. The van der Waals surface area contributed by atoms with Crippen LogP contribution in [0.4, 0.5) is 13.2 Å². The number of carbonyl (C=O) groups excluding carboxylic acids is 1. The molecule has 1 aromatic heterocycles. The van der Waals surface area contributed by atoms with Crippen LogP contribution in [-0.2, 0) is 23.2 Å². The molecule has 1 saturated carbocycles. The van der Waals surface area contributed by atoms with Crippen molar-refractivity contribution in [1.82, 2.24) is 19.4 Å². The minimum atomic E-state index is -5.08. The zero-order valence-electron chi connectivity index (χ0n) is 18.1. The molecule has 3 aliphatic rings. The smallest absolute Gasteiger partial charge is 0.475 e. The van der Waals surface area contributed by atoms with Gasteiger partial charge in [-0.3, -0.25) is 9.69 Å². The molecule has 1 unspecified atom stereocenters. The van der Waals surface area contributed by atoms with Crippen molar-refractivity contribution < 1.29 is 27.9 Å². The predicted octanol–water partition coefficient (Wildman–Crippen LogP) is 3.15. The number of halogens is 3. The Hall–Kier alpha value is -2.10. The second kappa shape index (κ2) is 9.58. The van der Waals surface area contributed by atoms with Gasteiger partial charge in [0.15, 0.2) is 0 Å². The first-order valence-corrected chi connectivity index (χ1v) is 10.9. The van der Waals surface area contributed by atoms with Crippen molar-refractivity contribution in [3.05, 3.63) is 17.7 Å². The SMILES string of the molecule is CC1CCN(C(=O)C2CN(C3CCCC3)Cc3ncn(C)c32)CC1.O=C(O)C(F)(F)F. The molecule has 0 bridgehead atoms. The number of rotatable bonds is 2. The van der Waals surface area contributed by atoms with Crippen LogP contribution in [0.5, 0.6) is 0 Å². The number of hydrogen-bond donors (Lipinski definition) is 1. The topological polar surface area (TPSA) is 78.7 Å². The number of carbonyl (C=O) groups is 2. The van der Waals surface area contributed by atoms with Crippen LogP contribution in [0.15, 0.2) is 6.33 Å². The Bertz CT molecular complexity index is 781. The summed E-state index contributed by atoms with van der Waals surface area (Å²) in [5.74, 6) is -1.71. The maximum absolute atomic E-state index is 13.3. The highest BCUT2D eigenvalue weighted by Crippen LogP contribution is 2.34. The summed E-state index contributed by atoms with van der Waals surface area (Å²) < 4.78 is 33.8. The van der Waals surface area contributed by atoms with Crippen LogP contribution in [0.3, 0.4) is 0 Å². The zero-order chi connectivity index (χ0) is 22.8. The summed E-state index contributed by atoms with van der Waals surface area (Å²) in [5, 5.41) is 7.12. The molecule has 1 aromatic rings. The molecule has 7 nitrogen and oxygen atoms in total. The first-order chi connectivity index (χ1) is 14.6. The van der Waals surface area contributed by atoms with Crippen molar-refractivity contribution in [1.29, 1.82) is 0 Å². The van der Waals surface area contributed by atoms with Crippen molar-refractivity contribution >= 4 is 11.9 Å². The average Bonchev–Trinajstić information content (AvgIpc) is 3.37. The second-order valence-corrected chi connectivity index (χ2v) is 8.92. The van der Waals surface area contributed by atoms with Gasteiger partial charge in [-0.05, 0) is 31.6 Å². The third kappa shape index (κ3) is 5.58. The van der Waals surface area contributed by atoms with Crippen LogP contribution in [0.1, 0.15) is 62.8 Å². The molecule has 1 amide bonds. The fourth-order valence-corrected chi connectivity index (χ4v) is 4.83. The Morgan fingerprint density at radius 1 is 1.13 bits per heavy atom. The molecule has 1 atom stereocenters. The first kappa shape index (κ1) is 23.6. The van der Waals surface area contributed by atoms with Crippen molar-refractivity contribution in [3.8, 4) is 0 Å². The van der Waals surface area contributed by atoms with Crippen molar-refractivity contribution in [2.75, 3.05) is 19.6 Å². The highest BCUT2D eigenvalue weighted by Gasteiger charge is 2.39. The van der Waals surface area contributed by atoms with Gasteiger partial charge in [0.2, 0.25) is 5.91 Å².